The molecule has 1 aliphatic rings. The maximum Gasteiger partial charge on any atom is 0.132 e. The van der Waals surface area contributed by atoms with Gasteiger partial charge in [0.25, 0.3) is 0 Å². The number of carbonyl (C=O) groups is 1. The van der Waals surface area contributed by atoms with Gasteiger partial charge < -0.3 is 14.8 Å². The zero-order chi connectivity index (χ0) is 8.48. The topological polar surface area (TPSA) is 44.6 Å². The third-order valence-electron chi connectivity index (χ3n) is 2.60. The van der Waals surface area contributed by atoms with Crippen molar-refractivity contribution in [2.24, 2.45) is 0 Å². The van der Waals surface area contributed by atoms with Gasteiger partial charge in [-0.05, 0) is 13.8 Å². The van der Waals surface area contributed by atoms with E-state index in [0.29, 0.717) is 0 Å². The van der Waals surface area contributed by atoms with Gasteiger partial charge in [0.05, 0.1) is 13.1 Å². The third-order valence-corrected chi connectivity index (χ3v) is 2.60. The van der Waals surface area contributed by atoms with Crippen LogP contribution in [-0.4, -0.2) is 24.6 Å². The summed E-state index contributed by atoms with van der Waals surface area (Å²) in [5.74, 6) is -0.936. The van der Waals surface area contributed by atoms with E-state index in [1.54, 1.807) is 13.8 Å². The second kappa shape index (κ2) is 2.81. The molecule has 1 rings (SSSR count). The van der Waals surface area contributed by atoms with E-state index in [9.17, 15) is 9.90 Å². The minimum absolute atomic E-state index is 0.698. The fraction of sp³-hybridized carbons (Fsp3) is 0.875. The van der Waals surface area contributed by atoms with E-state index in [0.717, 1.165) is 30.8 Å². The molecular formula is C8H15NO2. The minimum Gasteiger partial charge on any atom is -0.544 e. The Morgan fingerprint density at radius 1 is 1.36 bits per heavy atom. The van der Waals surface area contributed by atoms with Crippen molar-refractivity contribution in [3.05, 3.63) is 0 Å². The summed E-state index contributed by atoms with van der Waals surface area (Å²) in [6.45, 7) is 5.42. The van der Waals surface area contributed by atoms with Gasteiger partial charge >= 0.3 is 0 Å². The van der Waals surface area contributed by atoms with E-state index in [4.69, 9.17) is 0 Å². The molecule has 1 aliphatic heterocycles. The molecule has 11 heavy (non-hydrogen) atoms. The van der Waals surface area contributed by atoms with Gasteiger partial charge in [0.1, 0.15) is 11.5 Å². The molecule has 0 unspecified atom stereocenters. The molecule has 0 saturated carbocycles. The Bertz CT molecular complexity index is 159. The summed E-state index contributed by atoms with van der Waals surface area (Å²) < 4.78 is 0. The first-order chi connectivity index (χ1) is 5.05. The van der Waals surface area contributed by atoms with Crippen molar-refractivity contribution in [1.82, 2.24) is 0 Å². The van der Waals surface area contributed by atoms with Crippen LogP contribution >= 0.6 is 0 Å². The first-order valence-corrected chi connectivity index (χ1v) is 4.12. The number of carbonyl (C=O) groups excluding carboxylic acids is 1. The maximum absolute atomic E-state index is 10.7. The van der Waals surface area contributed by atoms with E-state index in [1.165, 1.54) is 0 Å². The van der Waals surface area contributed by atoms with E-state index in [-0.39, 0.29) is 0 Å². The predicted octanol–water partition coefficient (Wildman–Crippen LogP) is -1.81. The molecule has 1 N–H and O–H groups in total. The van der Waals surface area contributed by atoms with Crippen molar-refractivity contribution >= 4 is 5.97 Å². The van der Waals surface area contributed by atoms with Crippen LogP contribution in [0.5, 0.6) is 0 Å². The molecule has 0 spiro atoms. The molecule has 0 amide bonds. The summed E-state index contributed by atoms with van der Waals surface area (Å²) in [5.41, 5.74) is -0.698. The van der Waals surface area contributed by atoms with Gasteiger partial charge in [-0.15, -0.1) is 0 Å². The van der Waals surface area contributed by atoms with Crippen molar-refractivity contribution in [2.45, 2.75) is 32.2 Å². The fourth-order valence-corrected chi connectivity index (χ4v) is 1.57. The van der Waals surface area contributed by atoms with Gasteiger partial charge in [-0.1, -0.05) is 0 Å². The molecule has 64 valence electrons. The van der Waals surface area contributed by atoms with Crippen molar-refractivity contribution in [1.29, 1.82) is 0 Å². The number of quaternary nitrogens is 1. The van der Waals surface area contributed by atoms with Crippen LogP contribution in [0.3, 0.4) is 0 Å². The fourth-order valence-electron chi connectivity index (χ4n) is 1.57. The lowest BCUT2D eigenvalue weighted by Gasteiger charge is -2.32. The van der Waals surface area contributed by atoms with Crippen LogP contribution < -0.4 is 10.0 Å². The second-order valence-electron chi connectivity index (χ2n) is 3.72. The summed E-state index contributed by atoms with van der Waals surface area (Å²) in [6, 6.07) is 0. The standard InChI is InChI=1S/C8H15NO2/c1-8(2,7(10)11)9-5-3-4-6-9/h3-6H2,1-2H3,(H,10,11). The zero-order valence-corrected chi connectivity index (χ0v) is 7.14. The number of aliphatic carboxylic acids is 1. The molecular weight excluding hydrogens is 142 g/mol. The molecule has 3 nitrogen and oxygen atoms in total. The van der Waals surface area contributed by atoms with Crippen LogP contribution in [0.15, 0.2) is 0 Å². The monoisotopic (exact) mass is 157 g/mol. The minimum atomic E-state index is -0.936. The van der Waals surface area contributed by atoms with Crippen LogP contribution in [0.25, 0.3) is 0 Å². The number of hydrogen-bond donors (Lipinski definition) is 1. The van der Waals surface area contributed by atoms with E-state index in [1.807, 2.05) is 0 Å². The summed E-state index contributed by atoms with van der Waals surface area (Å²) in [5, 5.41) is 10.7. The normalized spacial score (nSPS) is 20.5. The van der Waals surface area contributed by atoms with E-state index >= 15 is 0 Å². The smallest absolute Gasteiger partial charge is 0.132 e. The Morgan fingerprint density at radius 3 is 2.18 bits per heavy atom. The van der Waals surface area contributed by atoms with E-state index < -0.39 is 11.5 Å². The van der Waals surface area contributed by atoms with Crippen molar-refractivity contribution in [2.75, 3.05) is 13.1 Å². The Hall–Kier alpha value is -0.570. The summed E-state index contributed by atoms with van der Waals surface area (Å²) in [6.07, 6.45) is 2.29. The van der Waals surface area contributed by atoms with Crippen LogP contribution in [0.2, 0.25) is 0 Å². The highest BCUT2D eigenvalue weighted by atomic mass is 16.4. The molecule has 0 aromatic heterocycles. The highest BCUT2D eigenvalue weighted by Gasteiger charge is 2.34. The molecule has 0 radical (unpaired) electrons. The summed E-state index contributed by atoms with van der Waals surface area (Å²) >= 11 is 0. The van der Waals surface area contributed by atoms with Crippen LogP contribution in [-0.2, 0) is 4.79 Å². The zero-order valence-electron chi connectivity index (χ0n) is 7.14. The lowest BCUT2D eigenvalue weighted by molar-refractivity contribution is -0.929. The van der Waals surface area contributed by atoms with Crippen molar-refractivity contribution < 1.29 is 14.8 Å². The van der Waals surface area contributed by atoms with Gasteiger partial charge in [0.2, 0.25) is 0 Å². The predicted molar refractivity (Wildman–Crippen MR) is 39.0 cm³/mol. The Labute approximate surface area is 67.0 Å². The Balaban J connectivity index is 2.62. The number of hydrogen-bond acceptors (Lipinski definition) is 2. The van der Waals surface area contributed by atoms with Gasteiger partial charge in [0, 0.05) is 12.8 Å². The summed E-state index contributed by atoms with van der Waals surface area (Å²) in [7, 11) is 0. The molecule has 0 aromatic carbocycles. The molecule has 1 fully saturated rings. The average Bonchev–Trinajstić information content (AvgIpc) is 2.37. The van der Waals surface area contributed by atoms with Gasteiger partial charge in [-0.2, -0.15) is 0 Å². The lowest BCUT2D eigenvalue weighted by Crippen LogP contribution is -3.19. The number of carboxylic acids is 1. The number of nitrogens with one attached hydrogen (secondary N) is 1. The number of carboxylic acid groups (broad SMARTS) is 1. The molecule has 1 heterocycles. The Morgan fingerprint density at radius 2 is 1.82 bits per heavy atom. The first kappa shape index (κ1) is 8.53. The summed E-state index contributed by atoms with van der Waals surface area (Å²) in [4.78, 5) is 11.8. The van der Waals surface area contributed by atoms with Crippen LogP contribution in [0.1, 0.15) is 26.7 Å². The lowest BCUT2D eigenvalue weighted by atomic mass is 10.0. The van der Waals surface area contributed by atoms with Crippen LogP contribution in [0.4, 0.5) is 0 Å². The molecule has 3 heteroatoms. The highest BCUT2D eigenvalue weighted by Crippen LogP contribution is 1.99. The molecule has 0 aliphatic carbocycles. The molecule has 0 atom stereocenters. The van der Waals surface area contributed by atoms with Crippen molar-refractivity contribution in [3.8, 4) is 0 Å². The SMILES string of the molecule is CC(C)(C(=O)[O-])[NH+]1CCCC1. The number of rotatable bonds is 2. The molecule has 0 aromatic rings. The quantitative estimate of drug-likeness (QED) is 0.513. The average molecular weight is 157 g/mol. The van der Waals surface area contributed by atoms with Gasteiger partial charge in [-0.25, -0.2) is 0 Å². The third kappa shape index (κ3) is 1.53. The number of likely N-dealkylation sites (tertiary alicyclic amines) is 1. The van der Waals surface area contributed by atoms with Gasteiger partial charge in [0.15, 0.2) is 0 Å². The first-order valence-electron chi connectivity index (χ1n) is 4.12. The van der Waals surface area contributed by atoms with Gasteiger partial charge in [-0.3, -0.25) is 0 Å². The van der Waals surface area contributed by atoms with Crippen molar-refractivity contribution in [3.63, 3.8) is 0 Å². The van der Waals surface area contributed by atoms with Crippen LogP contribution in [0, 0.1) is 0 Å². The largest absolute Gasteiger partial charge is 0.544 e. The van der Waals surface area contributed by atoms with E-state index in [2.05, 4.69) is 0 Å². The highest BCUT2D eigenvalue weighted by molar-refractivity contribution is 5.73. The molecule has 1 saturated heterocycles. The Kier molecular flexibility index (Phi) is 2.18. The second-order valence-corrected chi connectivity index (χ2v) is 3.72. The molecule has 0 bridgehead atoms. The maximum atomic E-state index is 10.7.